The van der Waals surface area contributed by atoms with Crippen LogP contribution in [0.3, 0.4) is 0 Å². The van der Waals surface area contributed by atoms with Crippen molar-refractivity contribution in [1.29, 1.82) is 0 Å². The molecule has 6 rings (SSSR count). The Morgan fingerprint density at radius 2 is 1.98 bits per heavy atom. The van der Waals surface area contributed by atoms with E-state index >= 15 is 0 Å². The van der Waals surface area contributed by atoms with Crippen molar-refractivity contribution in [2.75, 3.05) is 10.6 Å². The number of nitrogens with two attached hydrogens (primary N) is 1. The van der Waals surface area contributed by atoms with Gasteiger partial charge in [-0.25, -0.2) is 9.97 Å². The van der Waals surface area contributed by atoms with Gasteiger partial charge in [0.2, 0.25) is 11.8 Å². The number of amides is 4. The maximum Gasteiger partial charge on any atom is 0.273 e. The number of fused-ring (bicyclic) bond motifs is 3. The highest BCUT2D eigenvalue weighted by molar-refractivity contribution is 6.29. The molecule has 5 N–H and O–H groups in total. The maximum absolute atomic E-state index is 13.7. The Bertz CT molecular complexity index is 1650. The highest BCUT2D eigenvalue weighted by Gasteiger charge is 2.51. The Kier molecular flexibility index (Phi) is 6.42. The van der Waals surface area contributed by atoms with Crippen LogP contribution in [-0.2, 0) is 16.1 Å². The molecule has 2 bridgehead atoms. The molecule has 1 saturated carbocycles. The molecule has 1 aliphatic carbocycles. The number of pyridine rings is 1. The summed E-state index contributed by atoms with van der Waals surface area (Å²) in [5, 5.41) is 10.5. The van der Waals surface area contributed by atoms with E-state index in [0.717, 1.165) is 19.3 Å². The minimum atomic E-state index is -0.778. The molecular formula is C26H24ClN9O4. The van der Waals surface area contributed by atoms with Crippen LogP contribution in [0.2, 0.25) is 5.15 Å². The molecule has 13 nitrogen and oxygen atoms in total. The summed E-state index contributed by atoms with van der Waals surface area (Å²) in [5.41, 5.74) is 6.71. The molecule has 1 aromatic carbocycles. The third kappa shape index (κ3) is 4.64. The first-order chi connectivity index (χ1) is 19.3. The second-order valence-electron chi connectivity index (χ2n) is 9.83. The van der Waals surface area contributed by atoms with Gasteiger partial charge in [0.15, 0.2) is 5.69 Å². The van der Waals surface area contributed by atoms with Crippen molar-refractivity contribution in [3.8, 4) is 0 Å². The fourth-order valence-corrected chi connectivity index (χ4v) is 5.87. The number of nitrogens with zero attached hydrogens (tertiary/aromatic N) is 5. The van der Waals surface area contributed by atoms with Crippen LogP contribution in [0.5, 0.6) is 0 Å². The normalized spacial score (nSPS) is 19.6. The Labute approximate surface area is 232 Å². The second-order valence-corrected chi connectivity index (χ2v) is 10.2. The lowest BCUT2D eigenvalue weighted by Crippen LogP contribution is -2.52. The number of carbonyl (C=O) groups excluding carboxylic acids is 4. The number of likely N-dealkylation sites (tertiary alicyclic amines) is 1. The van der Waals surface area contributed by atoms with Crippen molar-refractivity contribution in [2.24, 2.45) is 11.7 Å². The van der Waals surface area contributed by atoms with E-state index in [2.05, 4.69) is 30.7 Å². The van der Waals surface area contributed by atoms with Crippen LogP contribution in [0.4, 0.5) is 11.5 Å². The van der Waals surface area contributed by atoms with Crippen LogP contribution in [0.15, 0.2) is 48.9 Å². The van der Waals surface area contributed by atoms with Crippen molar-refractivity contribution in [3.05, 3.63) is 65.5 Å². The number of benzene rings is 1. The number of carbonyl (C=O) groups is 4. The number of aromatic nitrogens is 5. The average Bonchev–Trinajstić information content (AvgIpc) is 3.72. The summed E-state index contributed by atoms with van der Waals surface area (Å²) in [5.74, 6) is -1.47. The predicted octanol–water partition coefficient (Wildman–Crippen LogP) is 2.18. The molecule has 14 heteroatoms. The molecule has 4 amide bonds. The van der Waals surface area contributed by atoms with Crippen LogP contribution in [-0.4, -0.2) is 65.3 Å². The summed E-state index contributed by atoms with van der Waals surface area (Å²) in [4.78, 5) is 63.9. The molecule has 4 aromatic rings. The first-order valence-corrected chi connectivity index (χ1v) is 13.0. The first-order valence-electron chi connectivity index (χ1n) is 12.6. The number of imidazole rings is 1. The van der Waals surface area contributed by atoms with E-state index in [-0.39, 0.29) is 46.9 Å². The average molecular weight is 562 g/mol. The molecule has 0 unspecified atom stereocenters. The second kappa shape index (κ2) is 10.1. The van der Waals surface area contributed by atoms with E-state index in [1.807, 2.05) is 0 Å². The molecule has 0 radical (unpaired) electrons. The van der Waals surface area contributed by atoms with Gasteiger partial charge in [0.05, 0.1) is 18.0 Å². The monoisotopic (exact) mass is 561 g/mol. The van der Waals surface area contributed by atoms with Gasteiger partial charge in [-0.05, 0) is 55.5 Å². The van der Waals surface area contributed by atoms with E-state index in [1.54, 1.807) is 41.3 Å². The van der Waals surface area contributed by atoms with Crippen molar-refractivity contribution >= 4 is 57.6 Å². The van der Waals surface area contributed by atoms with E-state index in [0.29, 0.717) is 22.4 Å². The van der Waals surface area contributed by atoms with Gasteiger partial charge in [-0.3, -0.25) is 23.9 Å². The lowest BCUT2D eigenvalue weighted by atomic mass is 9.97. The third-order valence-electron chi connectivity index (χ3n) is 7.38. The summed E-state index contributed by atoms with van der Waals surface area (Å²) in [6.07, 6.45) is 5.16. The molecule has 3 aromatic heterocycles. The zero-order valence-electron chi connectivity index (χ0n) is 21.0. The Balaban J connectivity index is 1.25. The highest BCUT2D eigenvalue weighted by Crippen LogP contribution is 2.43. The zero-order chi connectivity index (χ0) is 28.0. The van der Waals surface area contributed by atoms with Crippen LogP contribution < -0.4 is 16.4 Å². The Morgan fingerprint density at radius 3 is 2.73 bits per heavy atom. The Hall–Kier alpha value is -4.78. The fourth-order valence-electron chi connectivity index (χ4n) is 5.71. The van der Waals surface area contributed by atoms with Gasteiger partial charge in [-0.15, -0.1) is 0 Å². The maximum atomic E-state index is 13.7. The predicted molar refractivity (Wildman–Crippen MR) is 144 cm³/mol. The minimum Gasteiger partial charge on any atom is -0.364 e. The molecule has 2 fully saturated rings. The third-order valence-corrected chi connectivity index (χ3v) is 7.59. The van der Waals surface area contributed by atoms with E-state index in [9.17, 15) is 19.2 Å². The van der Waals surface area contributed by atoms with Crippen molar-refractivity contribution in [3.63, 3.8) is 0 Å². The summed E-state index contributed by atoms with van der Waals surface area (Å²) in [6.45, 7) is -0.202. The summed E-state index contributed by atoms with van der Waals surface area (Å²) >= 11 is 5.96. The number of rotatable bonds is 7. The molecule has 1 aliphatic heterocycles. The minimum absolute atomic E-state index is 0.0321. The summed E-state index contributed by atoms with van der Waals surface area (Å²) < 4.78 is 1.40. The number of hydrogen-bond acceptors (Lipinski definition) is 7. The number of aromatic amines is 1. The molecule has 3 atom stereocenters. The smallest absolute Gasteiger partial charge is 0.273 e. The molecule has 2 aliphatic rings. The van der Waals surface area contributed by atoms with E-state index in [4.69, 9.17) is 17.3 Å². The molecule has 0 spiro atoms. The largest absolute Gasteiger partial charge is 0.364 e. The van der Waals surface area contributed by atoms with Crippen LogP contribution in [0, 0.1) is 5.92 Å². The van der Waals surface area contributed by atoms with Crippen molar-refractivity contribution < 1.29 is 19.2 Å². The highest BCUT2D eigenvalue weighted by atomic mass is 35.5. The van der Waals surface area contributed by atoms with Gasteiger partial charge in [0.1, 0.15) is 29.3 Å². The number of primary amides is 1. The number of H-pyrrole nitrogens is 1. The van der Waals surface area contributed by atoms with Gasteiger partial charge in [-0.1, -0.05) is 17.7 Å². The number of piperidine rings is 1. The Morgan fingerprint density at radius 1 is 1.12 bits per heavy atom. The van der Waals surface area contributed by atoms with Crippen molar-refractivity contribution in [1.82, 2.24) is 29.6 Å². The summed E-state index contributed by atoms with van der Waals surface area (Å²) in [6, 6.07) is 9.06. The lowest BCUT2D eigenvalue weighted by molar-refractivity contribution is -0.141. The molecular weight excluding hydrogens is 538 g/mol. The molecule has 4 heterocycles. The standard InChI is InChI=1S/C26H24ClN9O4/c27-19-2-1-3-20(32-19)33-26(40)23-13-4-6-15(8-13)36(23)21(37)11-35-18-7-5-14(9-16(18)22(34-35)24(28)38)31-25(39)17-10-29-12-30-17/h1-3,5,7,9-10,12-13,15,23H,4,6,8,11H2,(H2,28,38)(H,29,30)(H,31,39)(H,32,33,40)/t13-,15+,23-/m0/s1. The van der Waals surface area contributed by atoms with E-state index < -0.39 is 17.9 Å². The first kappa shape index (κ1) is 25.5. The number of hydrogen-bond donors (Lipinski definition) is 4. The number of anilines is 2. The quantitative estimate of drug-likeness (QED) is 0.249. The lowest BCUT2D eigenvalue weighted by Gasteiger charge is -2.34. The summed E-state index contributed by atoms with van der Waals surface area (Å²) in [7, 11) is 0. The van der Waals surface area contributed by atoms with Crippen LogP contribution in [0.25, 0.3) is 10.9 Å². The van der Waals surface area contributed by atoms with Crippen LogP contribution >= 0.6 is 11.6 Å². The van der Waals surface area contributed by atoms with Crippen LogP contribution in [0.1, 0.15) is 40.2 Å². The fraction of sp³-hybridized carbons (Fsp3) is 0.269. The van der Waals surface area contributed by atoms with Gasteiger partial charge in [0, 0.05) is 17.1 Å². The van der Waals surface area contributed by atoms with Crippen molar-refractivity contribution in [2.45, 2.75) is 37.9 Å². The number of nitrogens with one attached hydrogen (secondary N) is 3. The van der Waals surface area contributed by atoms with Gasteiger partial charge < -0.3 is 26.3 Å². The van der Waals surface area contributed by atoms with Gasteiger partial charge in [-0.2, -0.15) is 5.10 Å². The van der Waals surface area contributed by atoms with Gasteiger partial charge in [0.25, 0.3) is 11.8 Å². The van der Waals surface area contributed by atoms with Gasteiger partial charge >= 0.3 is 0 Å². The zero-order valence-corrected chi connectivity index (χ0v) is 21.8. The number of halogens is 1. The topological polar surface area (TPSA) is 181 Å². The molecule has 1 saturated heterocycles. The van der Waals surface area contributed by atoms with E-state index in [1.165, 1.54) is 17.2 Å². The molecule has 204 valence electrons. The SMILES string of the molecule is NC(=O)c1nn(CC(=O)N2[C@@H]3CC[C@@H](C3)[C@H]2C(=O)Nc2cccc(Cl)n2)c2ccc(NC(=O)c3cnc[nH]3)cc12. The molecule has 40 heavy (non-hydrogen) atoms.